The monoisotopic (exact) mass is 308 g/mol. The molecule has 0 spiro atoms. The fraction of sp³-hybridized carbons (Fsp3) is 0.167. The summed E-state index contributed by atoms with van der Waals surface area (Å²) in [6.07, 6.45) is 0.549. The van der Waals surface area contributed by atoms with Crippen molar-refractivity contribution in [1.82, 2.24) is 9.78 Å². The number of carboxylic acids is 1. The molecular weight excluding hydrogens is 292 g/mol. The van der Waals surface area contributed by atoms with Gasteiger partial charge in [0.15, 0.2) is 0 Å². The molecule has 0 radical (unpaired) electrons. The van der Waals surface area contributed by atoms with Crippen molar-refractivity contribution in [2.75, 3.05) is 0 Å². The van der Waals surface area contributed by atoms with E-state index in [-0.39, 0.29) is 5.56 Å². The van der Waals surface area contributed by atoms with Gasteiger partial charge in [0, 0.05) is 11.8 Å². The summed E-state index contributed by atoms with van der Waals surface area (Å²) in [5, 5.41) is 14.5. The molecule has 3 aromatic rings. The van der Waals surface area contributed by atoms with E-state index in [1.807, 2.05) is 43.3 Å². The molecule has 2 aromatic carbocycles. The number of carbonyl (C=O) groups is 1. The molecule has 0 aliphatic heterocycles. The lowest BCUT2D eigenvalue weighted by molar-refractivity contribution is -0.138. The van der Waals surface area contributed by atoms with Crippen molar-refractivity contribution >= 4 is 16.7 Å². The number of hydrogen-bond acceptors (Lipinski definition) is 3. The van der Waals surface area contributed by atoms with E-state index in [0.29, 0.717) is 17.5 Å². The molecule has 5 nitrogen and oxygen atoms in total. The third-order valence-corrected chi connectivity index (χ3v) is 3.85. The van der Waals surface area contributed by atoms with E-state index in [0.717, 1.165) is 21.2 Å². The quantitative estimate of drug-likeness (QED) is 0.803. The molecule has 5 heteroatoms. The summed E-state index contributed by atoms with van der Waals surface area (Å²) in [6.45, 7) is 1.58. The van der Waals surface area contributed by atoms with E-state index in [1.54, 1.807) is 12.1 Å². The van der Waals surface area contributed by atoms with Gasteiger partial charge in [-0.05, 0) is 24.1 Å². The smallest absolute Gasteiger partial charge is 0.325 e. The largest absolute Gasteiger partial charge is 0.480 e. The number of rotatable bonds is 4. The minimum absolute atomic E-state index is 0.378. The Morgan fingerprint density at radius 3 is 2.43 bits per heavy atom. The number of hydrogen-bond donors (Lipinski definition) is 1. The van der Waals surface area contributed by atoms with Crippen LogP contribution in [0.15, 0.2) is 53.3 Å². The van der Waals surface area contributed by atoms with E-state index in [9.17, 15) is 9.59 Å². The van der Waals surface area contributed by atoms with Gasteiger partial charge in [-0.1, -0.05) is 42.5 Å². The van der Waals surface area contributed by atoms with Crippen LogP contribution in [0.1, 0.15) is 16.8 Å². The lowest BCUT2D eigenvalue weighted by Gasteiger charge is -2.11. The number of aliphatic carboxylic acids is 1. The fourth-order valence-corrected chi connectivity index (χ4v) is 2.66. The highest BCUT2D eigenvalue weighted by atomic mass is 16.4. The molecule has 0 amide bonds. The van der Waals surface area contributed by atoms with E-state index in [2.05, 4.69) is 5.10 Å². The maximum absolute atomic E-state index is 12.4. The Labute approximate surface area is 132 Å². The summed E-state index contributed by atoms with van der Waals surface area (Å²) in [5.74, 6) is -1.09. The van der Waals surface area contributed by atoms with Crippen LogP contribution in [0.4, 0.5) is 0 Å². The zero-order valence-electron chi connectivity index (χ0n) is 12.7. The van der Waals surface area contributed by atoms with Crippen molar-refractivity contribution in [3.8, 4) is 0 Å². The lowest BCUT2D eigenvalue weighted by Crippen LogP contribution is -2.28. The third-order valence-electron chi connectivity index (χ3n) is 3.85. The van der Waals surface area contributed by atoms with Crippen LogP contribution in [0.3, 0.4) is 0 Å². The predicted octanol–water partition coefficient (Wildman–Crippen LogP) is 2.38. The molecule has 0 aliphatic rings. The van der Waals surface area contributed by atoms with Crippen LogP contribution >= 0.6 is 0 Å². The number of aromatic nitrogens is 2. The van der Waals surface area contributed by atoms with E-state index in [4.69, 9.17) is 5.11 Å². The zero-order chi connectivity index (χ0) is 16.4. The number of fused-ring (bicyclic) bond motifs is 1. The lowest BCUT2D eigenvalue weighted by atomic mass is 10.0. The molecule has 3 rings (SSSR count). The van der Waals surface area contributed by atoms with E-state index < -0.39 is 12.5 Å². The molecule has 0 bridgehead atoms. The van der Waals surface area contributed by atoms with Crippen LogP contribution in [0.25, 0.3) is 10.8 Å². The molecule has 1 aromatic heterocycles. The third kappa shape index (κ3) is 2.99. The second-order valence-corrected chi connectivity index (χ2v) is 5.45. The van der Waals surface area contributed by atoms with Crippen LogP contribution in [-0.2, 0) is 17.8 Å². The van der Waals surface area contributed by atoms with Gasteiger partial charge in [-0.2, -0.15) is 5.10 Å². The van der Waals surface area contributed by atoms with Gasteiger partial charge in [-0.3, -0.25) is 9.59 Å². The molecule has 0 fully saturated rings. The second kappa shape index (κ2) is 6.04. The number of benzene rings is 2. The molecular formula is C18H16N2O3. The molecule has 23 heavy (non-hydrogen) atoms. The Kier molecular flexibility index (Phi) is 3.93. The molecule has 1 heterocycles. The van der Waals surface area contributed by atoms with Crippen molar-refractivity contribution in [1.29, 1.82) is 0 Å². The summed E-state index contributed by atoms with van der Waals surface area (Å²) in [4.78, 5) is 23.4. The Morgan fingerprint density at radius 1 is 1.09 bits per heavy atom. The molecule has 0 unspecified atom stereocenters. The standard InChI is InChI=1S/C18H16N2O3/c1-12-6-2-3-7-13(12)10-16-14-8-4-5-9-15(14)18(23)20(19-16)11-17(21)22/h2-9H,10-11H2,1H3,(H,21,22). The highest BCUT2D eigenvalue weighted by Gasteiger charge is 2.13. The average molecular weight is 308 g/mol. The van der Waals surface area contributed by atoms with Crippen molar-refractivity contribution in [2.45, 2.75) is 19.9 Å². The Hall–Kier alpha value is -2.95. The van der Waals surface area contributed by atoms with Gasteiger partial charge in [-0.15, -0.1) is 0 Å². The summed E-state index contributed by atoms with van der Waals surface area (Å²) in [7, 11) is 0. The van der Waals surface area contributed by atoms with Crippen LogP contribution < -0.4 is 5.56 Å². The van der Waals surface area contributed by atoms with Crippen molar-refractivity contribution in [3.63, 3.8) is 0 Å². The molecule has 0 aliphatic carbocycles. The molecule has 1 N–H and O–H groups in total. The number of aryl methyl sites for hydroxylation is 1. The van der Waals surface area contributed by atoms with Crippen molar-refractivity contribution in [2.24, 2.45) is 0 Å². The highest BCUT2D eigenvalue weighted by molar-refractivity contribution is 5.84. The maximum atomic E-state index is 12.4. The van der Waals surface area contributed by atoms with Crippen molar-refractivity contribution < 1.29 is 9.90 Å². The first-order chi connectivity index (χ1) is 11.1. The first kappa shape index (κ1) is 15.0. The predicted molar refractivity (Wildman–Crippen MR) is 87.6 cm³/mol. The SMILES string of the molecule is Cc1ccccc1Cc1nn(CC(=O)O)c(=O)c2ccccc12. The number of carboxylic acid groups (broad SMARTS) is 1. The molecule has 0 saturated carbocycles. The van der Waals surface area contributed by atoms with Gasteiger partial charge < -0.3 is 5.11 Å². The maximum Gasteiger partial charge on any atom is 0.325 e. The van der Waals surface area contributed by atoms with Crippen LogP contribution in [0.5, 0.6) is 0 Å². The normalized spacial score (nSPS) is 10.8. The zero-order valence-corrected chi connectivity index (χ0v) is 12.7. The fourth-order valence-electron chi connectivity index (χ4n) is 2.66. The van der Waals surface area contributed by atoms with Gasteiger partial charge in [0.1, 0.15) is 6.54 Å². The first-order valence-electron chi connectivity index (χ1n) is 7.31. The Bertz CT molecular complexity index is 944. The van der Waals surface area contributed by atoms with E-state index >= 15 is 0 Å². The topological polar surface area (TPSA) is 72.2 Å². The van der Waals surface area contributed by atoms with Gasteiger partial charge >= 0.3 is 5.97 Å². The first-order valence-corrected chi connectivity index (χ1v) is 7.31. The summed E-state index contributed by atoms with van der Waals surface area (Å²) in [5.41, 5.74) is 2.56. The van der Waals surface area contributed by atoms with Crippen LogP contribution in [0.2, 0.25) is 0 Å². The Balaban J connectivity index is 2.19. The van der Waals surface area contributed by atoms with E-state index in [1.165, 1.54) is 0 Å². The Morgan fingerprint density at radius 2 is 1.74 bits per heavy atom. The minimum atomic E-state index is -1.09. The highest BCUT2D eigenvalue weighted by Crippen LogP contribution is 2.18. The van der Waals surface area contributed by atoms with Gasteiger partial charge in [0.25, 0.3) is 5.56 Å². The molecule has 116 valence electrons. The van der Waals surface area contributed by atoms with Gasteiger partial charge in [0.05, 0.1) is 11.1 Å². The van der Waals surface area contributed by atoms with Gasteiger partial charge in [0.2, 0.25) is 0 Å². The summed E-state index contributed by atoms with van der Waals surface area (Å²) < 4.78 is 1.03. The minimum Gasteiger partial charge on any atom is -0.480 e. The second-order valence-electron chi connectivity index (χ2n) is 5.45. The van der Waals surface area contributed by atoms with Gasteiger partial charge in [-0.25, -0.2) is 4.68 Å². The molecule has 0 atom stereocenters. The average Bonchev–Trinajstić information content (AvgIpc) is 2.53. The summed E-state index contributed by atoms with van der Waals surface area (Å²) in [6, 6.07) is 15.1. The van der Waals surface area contributed by atoms with Crippen molar-refractivity contribution in [3.05, 3.63) is 75.7 Å². The van der Waals surface area contributed by atoms with Crippen LogP contribution in [-0.4, -0.2) is 20.9 Å². The summed E-state index contributed by atoms with van der Waals surface area (Å²) >= 11 is 0. The number of nitrogens with zero attached hydrogens (tertiary/aromatic N) is 2. The molecule has 0 saturated heterocycles. The van der Waals surface area contributed by atoms with Crippen LogP contribution in [0, 0.1) is 6.92 Å².